The third-order valence-electron chi connectivity index (χ3n) is 6.01. The molecule has 1 amide bonds. The number of likely N-dealkylation sites (tertiary alicyclic amines) is 1. The zero-order valence-electron chi connectivity index (χ0n) is 22.1. The molecule has 0 spiro atoms. The van der Waals surface area contributed by atoms with Crippen LogP contribution in [-0.2, 0) is 4.74 Å². The Morgan fingerprint density at radius 1 is 1.13 bits per heavy atom. The number of carbonyl (C=O) groups is 1. The Kier molecular flexibility index (Phi) is 7.73. The van der Waals surface area contributed by atoms with E-state index in [9.17, 15) is 9.18 Å². The molecule has 204 valence electrons. The summed E-state index contributed by atoms with van der Waals surface area (Å²) in [5.74, 6) is 1.47. The van der Waals surface area contributed by atoms with Crippen molar-refractivity contribution in [2.24, 2.45) is 0 Å². The van der Waals surface area contributed by atoms with Crippen molar-refractivity contribution in [2.45, 2.75) is 51.9 Å². The lowest BCUT2D eigenvalue weighted by molar-refractivity contribution is 0.0124. The van der Waals surface area contributed by atoms with Gasteiger partial charge in [0.05, 0.1) is 17.2 Å². The van der Waals surface area contributed by atoms with E-state index < -0.39 is 17.9 Å². The van der Waals surface area contributed by atoms with Crippen LogP contribution in [0.15, 0.2) is 53.1 Å². The molecule has 4 aromatic rings. The fourth-order valence-electron chi connectivity index (χ4n) is 4.42. The number of piperidine rings is 1. The number of nitrogens with one attached hydrogen (secondary N) is 1. The van der Waals surface area contributed by atoms with Crippen LogP contribution in [0.3, 0.4) is 0 Å². The molecular formula is C28H29BrFN5O3S. The van der Waals surface area contributed by atoms with Gasteiger partial charge in [-0.1, -0.05) is 40.2 Å². The van der Waals surface area contributed by atoms with Crippen LogP contribution >= 0.6 is 27.3 Å². The monoisotopic (exact) mass is 613 g/mol. The minimum atomic E-state index is -1.18. The van der Waals surface area contributed by atoms with Crippen molar-refractivity contribution in [3.63, 3.8) is 0 Å². The second-order valence-electron chi connectivity index (χ2n) is 10.4. The molecule has 3 heterocycles. The van der Waals surface area contributed by atoms with Gasteiger partial charge >= 0.3 is 6.09 Å². The van der Waals surface area contributed by atoms with Gasteiger partial charge in [-0.3, -0.25) is 0 Å². The van der Waals surface area contributed by atoms with Crippen LogP contribution in [0.25, 0.3) is 21.3 Å². The maximum Gasteiger partial charge on any atom is 0.410 e. The topological polar surface area (TPSA) is 89.5 Å². The number of anilines is 1. The number of aromatic nitrogens is 3. The van der Waals surface area contributed by atoms with E-state index in [0.717, 1.165) is 25.1 Å². The van der Waals surface area contributed by atoms with Gasteiger partial charge in [0.15, 0.2) is 0 Å². The van der Waals surface area contributed by atoms with Gasteiger partial charge in [0.2, 0.25) is 11.8 Å². The first-order valence-corrected chi connectivity index (χ1v) is 14.2. The number of nitrogens with zero attached hydrogens (tertiary/aromatic N) is 4. The zero-order chi connectivity index (χ0) is 27.7. The Morgan fingerprint density at radius 3 is 2.67 bits per heavy atom. The molecule has 39 heavy (non-hydrogen) atoms. The molecule has 0 saturated carbocycles. The van der Waals surface area contributed by atoms with Crippen LogP contribution in [0, 0.1) is 6.92 Å². The molecule has 2 atom stereocenters. The van der Waals surface area contributed by atoms with Gasteiger partial charge in [-0.2, -0.15) is 0 Å². The molecular weight excluding hydrogens is 585 g/mol. The fourth-order valence-corrected chi connectivity index (χ4v) is 5.72. The lowest BCUT2D eigenvalue weighted by Gasteiger charge is -2.36. The van der Waals surface area contributed by atoms with E-state index in [1.807, 2.05) is 43.3 Å². The summed E-state index contributed by atoms with van der Waals surface area (Å²) in [6, 6.07) is 13.3. The molecule has 0 aliphatic carbocycles. The number of carbonyl (C=O) groups excluding carboxylic acids is 1. The van der Waals surface area contributed by atoms with Gasteiger partial charge in [-0.25, -0.2) is 24.1 Å². The Balaban J connectivity index is 1.37. The van der Waals surface area contributed by atoms with Crippen LogP contribution in [-0.4, -0.2) is 56.8 Å². The van der Waals surface area contributed by atoms with E-state index in [1.165, 1.54) is 16.2 Å². The third-order valence-corrected chi connectivity index (χ3v) is 7.68. The van der Waals surface area contributed by atoms with Crippen LogP contribution in [0.4, 0.5) is 15.1 Å². The predicted octanol–water partition coefficient (Wildman–Crippen LogP) is 7.38. The number of amides is 1. The van der Waals surface area contributed by atoms with E-state index >= 15 is 0 Å². The predicted molar refractivity (Wildman–Crippen MR) is 154 cm³/mol. The second kappa shape index (κ2) is 11.1. The van der Waals surface area contributed by atoms with E-state index in [2.05, 4.69) is 36.2 Å². The SMILES string of the molecule is Cc1nc(Oc2ccc(Br)c3ccccc23)c(-c2ccnc(N[C@H]3C[C@H](F)CN(C(=O)OC(C)(C)C)C3)n2)s1. The van der Waals surface area contributed by atoms with Crippen LogP contribution in [0.2, 0.25) is 0 Å². The Hall–Kier alpha value is -3.31. The molecule has 0 radical (unpaired) electrons. The Bertz CT molecular complexity index is 1510. The quantitative estimate of drug-likeness (QED) is 0.251. The van der Waals surface area contributed by atoms with Crippen molar-refractivity contribution in [1.29, 1.82) is 0 Å². The summed E-state index contributed by atoms with van der Waals surface area (Å²) in [5.41, 5.74) is -0.0262. The molecule has 5 rings (SSSR count). The van der Waals surface area contributed by atoms with Crippen LogP contribution < -0.4 is 10.1 Å². The van der Waals surface area contributed by atoms with Crippen molar-refractivity contribution in [3.05, 3.63) is 58.1 Å². The average molecular weight is 615 g/mol. The Morgan fingerprint density at radius 2 is 1.90 bits per heavy atom. The van der Waals surface area contributed by atoms with Gasteiger partial charge < -0.3 is 19.7 Å². The van der Waals surface area contributed by atoms with Crippen molar-refractivity contribution in [2.75, 3.05) is 18.4 Å². The van der Waals surface area contributed by atoms with Crippen LogP contribution in [0.5, 0.6) is 11.6 Å². The highest BCUT2D eigenvalue weighted by Crippen LogP contribution is 2.40. The van der Waals surface area contributed by atoms with Gasteiger partial charge in [0.25, 0.3) is 0 Å². The average Bonchev–Trinajstić information content (AvgIpc) is 3.24. The smallest absolute Gasteiger partial charge is 0.410 e. The first-order valence-electron chi connectivity index (χ1n) is 12.6. The van der Waals surface area contributed by atoms with Crippen molar-refractivity contribution < 1.29 is 18.7 Å². The number of fused-ring (bicyclic) bond motifs is 1. The Labute approximate surface area is 238 Å². The minimum Gasteiger partial charge on any atom is -0.444 e. The normalized spacial score (nSPS) is 17.7. The molecule has 2 aromatic carbocycles. The number of rotatable bonds is 5. The van der Waals surface area contributed by atoms with Crippen molar-refractivity contribution in [3.8, 4) is 22.2 Å². The number of alkyl halides is 1. The molecule has 1 aliphatic rings. The van der Waals surface area contributed by atoms with Gasteiger partial charge in [0.1, 0.15) is 22.4 Å². The fraction of sp³-hybridized carbons (Fsp3) is 0.357. The maximum atomic E-state index is 14.6. The largest absolute Gasteiger partial charge is 0.444 e. The van der Waals surface area contributed by atoms with Crippen molar-refractivity contribution >= 4 is 50.1 Å². The van der Waals surface area contributed by atoms with E-state index in [-0.39, 0.29) is 25.6 Å². The highest BCUT2D eigenvalue weighted by Gasteiger charge is 2.33. The lowest BCUT2D eigenvalue weighted by atomic mass is 10.0. The first kappa shape index (κ1) is 27.3. The molecule has 11 heteroatoms. The number of hydrogen-bond donors (Lipinski definition) is 1. The van der Waals surface area contributed by atoms with E-state index in [1.54, 1.807) is 33.0 Å². The summed E-state index contributed by atoms with van der Waals surface area (Å²) in [7, 11) is 0. The minimum absolute atomic E-state index is 0.000426. The second-order valence-corrected chi connectivity index (χ2v) is 12.4. The number of halogens is 2. The van der Waals surface area contributed by atoms with E-state index in [0.29, 0.717) is 23.3 Å². The first-order chi connectivity index (χ1) is 18.6. The van der Waals surface area contributed by atoms with Crippen molar-refractivity contribution in [1.82, 2.24) is 19.9 Å². The molecule has 0 unspecified atom stereocenters. The van der Waals surface area contributed by atoms with Crippen LogP contribution in [0.1, 0.15) is 32.2 Å². The molecule has 1 aliphatic heterocycles. The molecule has 1 N–H and O–H groups in total. The third kappa shape index (κ3) is 6.47. The summed E-state index contributed by atoms with van der Waals surface area (Å²) < 4.78 is 27.3. The summed E-state index contributed by atoms with van der Waals surface area (Å²) in [5, 5.41) is 6.03. The molecule has 1 saturated heterocycles. The summed E-state index contributed by atoms with van der Waals surface area (Å²) in [6.07, 6.45) is 0.155. The molecule has 0 bridgehead atoms. The molecule has 1 fully saturated rings. The summed E-state index contributed by atoms with van der Waals surface area (Å²) in [4.78, 5) is 28.3. The standard InChI is InChI=1S/C28H29BrFN5O3S/c1-16-32-25(37-23-10-9-21(29)19-7-5-6-8-20(19)23)24(39-16)22-11-12-31-26(34-22)33-18-13-17(30)14-35(15-18)27(36)38-28(2,3)4/h5-12,17-18H,13-15H2,1-4H3,(H,31,33,34)/t17-,18-/m0/s1. The van der Waals surface area contributed by atoms with E-state index in [4.69, 9.17) is 9.47 Å². The number of thiazole rings is 1. The number of hydrogen-bond acceptors (Lipinski definition) is 8. The summed E-state index contributed by atoms with van der Waals surface area (Å²) in [6.45, 7) is 7.56. The van der Waals surface area contributed by atoms with Gasteiger partial charge in [-0.05, 0) is 51.3 Å². The maximum absolute atomic E-state index is 14.6. The zero-order valence-corrected chi connectivity index (χ0v) is 24.5. The lowest BCUT2D eigenvalue weighted by Crippen LogP contribution is -2.51. The highest BCUT2D eigenvalue weighted by molar-refractivity contribution is 9.10. The molecule has 8 nitrogen and oxygen atoms in total. The summed E-state index contributed by atoms with van der Waals surface area (Å²) >= 11 is 5.07. The number of ether oxygens (including phenoxy) is 2. The number of benzene rings is 2. The van der Waals surface area contributed by atoms with Gasteiger partial charge in [0, 0.05) is 35.1 Å². The molecule has 2 aromatic heterocycles. The van der Waals surface area contributed by atoms with Gasteiger partial charge in [-0.15, -0.1) is 11.3 Å². The highest BCUT2D eigenvalue weighted by atomic mass is 79.9. The number of aryl methyl sites for hydroxylation is 1.